The lowest BCUT2D eigenvalue weighted by atomic mass is 10.1. The lowest BCUT2D eigenvalue weighted by molar-refractivity contribution is 0.421. The predicted octanol–water partition coefficient (Wildman–Crippen LogP) is 3.68. The second-order valence-electron chi connectivity index (χ2n) is 5.35. The first-order valence-electron chi connectivity index (χ1n) is 5.97. The lowest BCUT2D eigenvalue weighted by Gasteiger charge is -2.19. The molecule has 6 heteroatoms. The van der Waals surface area contributed by atoms with Gasteiger partial charge in [-0.3, -0.25) is 0 Å². The van der Waals surface area contributed by atoms with E-state index in [1.54, 1.807) is 4.68 Å². The number of hydrogen-bond donors (Lipinski definition) is 1. The zero-order chi connectivity index (χ0) is 14.0. The number of benzene rings is 1. The molecule has 0 amide bonds. The normalized spacial score (nSPS) is 11.8. The SMILES string of the molecule is CC(C)(C)NCc1cn(-c2cc(Br)ccc2Br)nn1. The van der Waals surface area contributed by atoms with E-state index >= 15 is 0 Å². The summed E-state index contributed by atoms with van der Waals surface area (Å²) in [4.78, 5) is 0. The van der Waals surface area contributed by atoms with Gasteiger partial charge in [-0.15, -0.1) is 5.10 Å². The van der Waals surface area contributed by atoms with Gasteiger partial charge < -0.3 is 5.32 Å². The minimum absolute atomic E-state index is 0.0696. The zero-order valence-corrected chi connectivity index (χ0v) is 14.3. The van der Waals surface area contributed by atoms with Gasteiger partial charge in [-0.2, -0.15) is 0 Å². The fraction of sp³-hybridized carbons (Fsp3) is 0.385. The fourth-order valence-electron chi connectivity index (χ4n) is 1.51. The van der Waals surface area contributed by atoms with Crippen molar-refractivity contribution in [3.63, 3.8) is 0 Å². The quantitative estimate of drug-likeness (QED) is 0.873. The van der Waals surface area contributed by atoms with E-state index in [4.69, 9.17) is 0 Å². The minimum atomic E-state index is 0.0696. The zero-order valence-electron chi connectivity index (χ0n) is 11.1. The molecule has 102 valence electrons. The monoisotopic (exact) mass is 386 g/mol. The second-order valence-corrected chi connectivity index (χ2v) is 7.12. The van der Waals surface area contributed by atoms with Crippen LogP contribution >= 0.6 is 31.9 Å². The fourth-order valence-corrected chi connectivity index (χ4v) is 2.29. The van der Waals surface area contributed by atoms with Crippen molar-refractivity contribution in [1.29, 1.82) is 0 Å². The average Bonchev–Trinajstić information content (AvgIpc) is 2.77. The van der Waals surface area contributed by atoms with Gasteiger partial charge in [0.05, 0.1) is 17.6 Å². The van der Waals surface area contributed by atoms with Gasteiger partial charge in [-0.25, -0.2) is 4.68 Å². The molecule has 0 aliphatic heterocycles. The summed E-state index contributed by atoms with van der Waals surface area (Å²) in [6.07, 6.45) is 1.94. The summed E-state index contributed by atoms with van der Waals surface area (Å²) >= 11 is 6.98. The average molecular weight is 388 g/mol. The van der Waals surface area contributed by atoms with E-state index in [2.05, 4.69) is 68.3 Å². The van der Waals surface area contributed by atoms with E-state index < -0.39 is 0 Å². The van der Waals surface area contributed by atoms with Crippen molar-refractivity contribution < 1.29 is 0 Å². The van der Waals surface area contributed by atoms with Crippen LogP contribution in [0.4, 0.5) is 0 Å². The third-order valence-corrected chi connectivity index (χ3v) is 3.66. The molecule has 0 atom stereocenters. The van der Waals surface area contributed by atoms with Crippen molar-refractivity contribution in [2.45, 2.75) is 32.9 Å². The summed E-state index contributed by atoms with van der Waals surface area (Å²) in [5.41, 5.74) is 1.95. The largest absolute Gasteiger partial charge is 0.306 e. The Morgan fingerprint density at radius 1 is 1.26 bits per heavy atom. The highest BCUT2D eigenvalue weighted by Crippen LogP contribution is 2.24. The number of aromatic nitrogens is 3. The van der Waals surface area contributed by atoms with E-state index in [1.165, 1.54) is 0 Å². The van der Waals surface area contributed by atoms with Gasteiger partial charge in [-0.1, -0.05) is 21.1 Å². The van der Waals surface area contributed by atoms with Crippen LogP contribution < -0.4 is 5.32 Å². The van der Waals surface area contributed by atoms with Gasteiger partial charge in [0.1, 0.15) is 0 Å². The van der Waals surface area contributed by atoms with Crippen molar-refractivity contribution >= 4 is 31.9 Å². The summed E-state index contributed by atoms with van der Waals surface area (Å²) in [5, 5.41) is 11.7. The van der Waals surface area contributed by atoms with Gasteiger partial charge in [0.15, 0.2) is 0 Å². The Bertz CT molecular complexity index is 572. The van der Waals surface area contributed by atoms with Gasteiger partial charge >= 0.3 is 0 Å². The van der Waals surface area contributed by atoms with Crippen LogP contribution in [0.2, 0.25) is 0 Å². The molecule has 0 spiro atoms. The molecule has 0 saturated carbocycles. The Balaban J connectivity index is 2.19. The first-order valence-corrected chi connectivity index (χ1v) is 7.55. The van der Waals surface area contributed by atoms with Crippen LogP contribution in [0.25, 0.3) is 5.69 Å². The molecular weight excluding hydrogens is 372 g/mol. The molecule has 19 heavy (non-hydrogen) atoms. The molecule has 0 saturated heterocycles. The Kier molecular flexibility index (Phi) is 4.43. The smallest absolute Gasteiger partial charge is 0.0969 e. The summed E-state index contributed by atoms with van der Waals surface area (Å²) in [6.45, 7) is 7.09. The minimum Gasteiger partial charge on any atom is -0.306 e. The second kappa shape index (κ2) is 5.73. The highest BCUT2D eigenvalue weighted by Gasteiger charge is 2.11. The highest BCUT2D eigenvalue weighted by atomic mass is 79.9. The van der Waals surface area contributed by atoms with Crippen molar-refractivity contribution in [1.82, 2.24) is 20.3 Å². The highest BCUT2D eigenvalue weighted by molar-refractivity contribution is 9.11. The predicted molar refractivity (Wildman–Crippen MR) is 83.4 cm³/mol. The maximum atomic E-state index is 4.18. The first-order chi connectivity index (χ1) is 8.85. The van der Waals surface area contributed by atoms with Gasteiger partial charge in [0, 0.05) is 21.0 Å². The molecule has 0 radical (unpaired) electrons. The lowest BCUT2D eigenvalue weighted by Crippen LogP contribution is -2.35. The molecule has 1 heterocycles. The first kappa shape index (κ1) is 14.7. The molecule has 1 aromatic heterocycles. The third kappa shape index (κ3) is 4.12. The van der Waals surface area contributed by atoms with Gasteiger partial charge in [-0.05, 0) is 54.9 Å². The number of halogens is 2. The van der Waals surface area contributed by atoms with E-state index in [0.29, 0.717) is 6.54 Å². The number of nitrogens with zero attached hydrogens (tertiary/aromatic N) is 3. The van der Waals surface area contributed by atoms with Crippen LogP contribution in [0.3, 0.4) is 0 Å². The van der Waals surface area contributed by atoms with E-state index in [0.717, 1.165) is 20.3 Å². The van der Waals surface area contributed by atoms with Crippen LogP contribution in [0.15, 0.2) is 33.3 Å². The Labute approximate surface area is 129 Å². The maximum absolute atomic E-state index is 4.18. The molecule has 0 unspecified atom stereocenters. The topological polar surface area (TPSA) is 42.7 Å². The molecule has 2 rings (SSSR count). The Hall–Kier alpha value is -0.720. The molecule has 0 aliphatic carbocycles. The van der Waals surface area contributed by atoms with Crippen LogP contribution in [-0.4, -0.2) is 20.5 Å². The van der Waals surface area contributed by atoms with Crippen LogP contribution in [0.5, 0.6) is 0 Å². The molecule has 2 aromatic rings. The Morgan fingerprint density at radius 3 is 2.68 bits per heavy atom. The van der Waals surface area contributed by atoms with Crippen molar-refractivity contribution in [2.75, 3.05) is 0 Å². The summed E-state index contributed by atoms with van der Waals surface area (Å²) < 4.78 is 3.76. The Morgan fingerprint density at radius 2 is 2.00 bits per heavy atom. The van der Waals surface area contributed by atoms with E-state index in [1.807, 2.05) is 24.4 Å². The third-order valence-electron chi connectivity index (χ3n) is 2.50. The van der Waals surface area contributed by atoms with Crippen molar-refractivity contribution in [3.05, 3.63) is 39.0 Å². The van der Waals surface area contributed by atoms with Crippen LogP contribution in [0, 0.1) is 0 Å². The van der Waals surface area contributed by atoms with E-state index in [9.17, 15) is 0 Å². The van der Waals surface area contributed by atoms with Crippen LogP contribution in [-0.2, 0) is 6.54 Å². The van der Waals surface area contributed by atoms with Crippen LogP contribution in [0.1, 0.15) is 26.5 Å². The molecule has 0 aliphatic rings. The number of hydrogen-bond acceptors (Lipinski definition) is 3. The standard InChI is InChI=1S/C13H16Br2N4/c1-13(2,3)16-7-10-8-19(18-17-10)12-6-9(14)4-5-11(12)15/h4-6,8,16H,7H2,1-3H3. The molecule has 0 bridgehead atoms. The summed E-state index contributed by atoms with van der Waals surface area (Å²) in [6, 6.07) is 5.96. The van der Waals surface area contributed by atoms with Gasteiger partial charge in [0.2, 0.25) is 0 Å². The molecule has 4 nitrogen and oxygen atoms in total. The molecular formula is C13H16Br2N4. The van der Waals surface area contributed by atoms with Crippen molar-refractivity contribution in [3.8, 4) is 5.69 Å². The maximum Gasteiger partial charge on any atom is 0.0969 e. The summed E-state index contributed by atoms with van der Waals surface area (Å²) in [5.74, 6) is 0. The molecule has 1 aromatic carbocycles. The van der Waals surface area contributed by atoms with Gasteiger partial charge in [0.25, 0.3) is 0 Å². The number of nitrogens with one attached hydrogen (secondary N) is 1. The molecule has 0 fully saturated rings. The molecule has 1 N–H and O–H groups in total. The number of rotatable bonds is 3. The summed E-state index contributed by atoms with van der Waals surface area (Å²) in [7, 11) is 0. The van der Waals surface area contributed by atoms with Crippen molar-refractivity contribution in [2.24, 2.45) is 0 Å². The van der Waals surface area contributed by atoms with E-state index in [-0.39, 0.29) is 5.54 Å².